The first-order valence-corrected chi connectivity index (χ1v) is 8.82. The Kier molecular flexibility index (Phi) is 8.08. The van der Waals surface area contributed by atoms with Gasteiger partial charge in [-0.3, -0.25) is 0 Å². The Balaban J connectivity index is 0.00000116. The second kappa shape index (κ2) is 9.55. The molecule has 0 bridgehead atoms. The number of phenols is 1. The topological polar surface area (TPSA) is 29.5 Å². The van der Waals surface area contributed by atoms with Gasteiger partial charge in [-0.2, -0.15) is 0 Å². The van der Waals surface area contributed by atoms with Crippen molar-refractivity contribution in [2.45, 2.75) is 72.8 Å². The number of benzene rings is 1. The molecule has 2 heteroatoms. The van der Waals surface area contributed by atoms with Crippen molar-refractivity contribution in [3.63, 3.8) is 0 Å². The van der Waals surface area contributed by atoms with Gasteiger partial charge in [-0.1, -0.05) is 52.3 Å². The molecule has 0 saturated carbocycles. The predicted octanol–water partition coefficient (Wildman–Crippen LogP) is 5.80. The van der Waals surface area contributed by atoms with Gasteiger partial charge in [0, 0.05) is 5.92 Å². The third-order valence-corrected chi connectivity index (χ3v) is 4.25. The van der Waals surface area contributed by atoms with Gasteiger partial charge in [0.25, 0.3) is 0 Å². The van der Waals surface area contributed by atoms with Crippen LogP contribution in [0.15, 0.2) is 24.3 Å². The number of allylic oxidation sites excluding steroid dienone is 1. The number of rotatable bonds is 5. The fraction of sp³-hybridized carbons (Fsp3) is 0.600. The Morgan fingerprint density at radius 3 is 2.59 bits per heavy atom. The average molecular weight is 304 g/mol. The Morgan fingerprint density at radius 1 is 1.23 bits per heavy atom. The molecule has 2 rings (SSSR count). The molecule has 1 aromatic carbocycles. The van der Waals surface area contributed by atoms with Crippen molar-refractivity contribution in [3.05, 3.63) is 35.4 Å². The van der Waals surface area contributed by atoms with Gasteiger partial charge in [-0.05, 0) is 49.8 Å². The highest BCUT2D eigenvalue weighted by atomic mass is 16.5. The van der Waals surface area contributed by atoms with Gasteiger partial charge in [0.05, 0.1) is 0 Å². The van der Waals surface area contributed by atoms with Crippen LogP contribution >= 0.6 is 0 Å². The van der Waals surface area contributed by atoms with Crippen molar-refractivity contribution in [2.75, 3.05) is 0 Å². The summed E-state index contributed by atoms with van der Waals surface area (Å²) in [5, 5.41) is 10.1. The summed E-state index contributed by atoms with van der Waals surface area (Å²) in [5.74, 6) is 1.42. The Labute approximate surface area is 136 Å². The minimum Gasteiger partial charge on any atom is -0.504 e. The largest absolute Gasteiger partial charge is 0.504 e. The predicted molar refractivity (Wildman–Crippen MR) is 94.8 cm³/mol. The van der Waals surface area contributed by atoms with E-state index < -0.39 is 0 Å². The van der Waals surface area contributed by atoms with E-state index in [1.54, 1.807) is 6.07 Å². The quantitative estimate of drug-likeness (QED) is 0.696. The second-order valence-corrected chi connectivity index (χ2v) is 5.67. The molecule has 2 atom stereocenters. The third kappa shape index (κ3) is 4.53. The molecule has 0 radical (unpaired) electrons. The standard InChI is InChI=1S/C18H26O2.C2H6/c1-4-8-15-9-6-7-10-17(15)20-18-13(3)14(5-2)11-12-16(18)19;1-2/h6,9,11-12,15,17,19H,4-5,7-8,10H2,1-3H3;1-2H3/t15?,17-;/m1./s1. The SMILES string of the molecule is CC.CCCC1C=CCC[C@H]1Oc1c(O)ccc(CC)c1C. The zero-order valence-corrected chi connectivity index (χ0v) is 14.9. The fourth-order valence-electron chi connectivity index (χ4n) is 3.03. The summed E-state index contributed by atoms with van der Waals surface area (Å²) >= 11 is 0. The van der Waals surface area contributed by atoms with E-state index in [2.05, 4.69) is 26.0 Å². The van der Waals surface area contributed by atoms with Gasteiger partial charge >= 0.3 is 0 Å². The van der Waals surface area contributed by atoms with E-state index in [-0.39, 0.29) is 11.9 Å². The van der Waals surface area contributed by atoms with Crippen molar-refractivity contribution in [2.24, 2.45) is 5.92 Å². The van der Waals surface area contributed by atoms with E-state index in [1.165, 1.54) is 5.56 Å². The summed E-state index contributed by atoms with van der Waals surface area (Å²) in [4.78, 5) is 0. The van der Waals surface area contributed by atoms with Crippen LogP contribution in [0.4, 0.5) is 0 Å². The summed E-state index contributed by atoms with van der Waals surface area (Å²) in [6, 6.07) is 3.75. The number of aromatic hydroxyl groups is 1. The first-order valence-electron chi connectivity index (χ1n) is 8.82. The lowest BCUT2D eigenvalue weighted by Gasteiger charge is -2.29. The minimum absolute atomic E-state index is 0.191. The number of hydrogen-bond acceptors (Lipinski definition) is 2. The van der Waals surface area contributed by atoms with Gasteiger partial charge in [0.2, 0.25) is 0 Å². The summed E-state index contributed by atoms with van der Waals surface area (Å²) in [6.07, 6.45) is 10.1. The smallest absolute Gasteiger partial charge is 0.164 e. The van der Waals surface area contributed by atoms with Gasteiger partial charge in [0.1, 0.15) is 6.10 Å². The molecule has 0 amide bonds. The van der Waals surface area contributed by atoms with Crippen molar-refractivity contribution in [1.82, 2.24) is 0 Å². The van der Waals surface area contributed by atoms with Crippen molar-refractivity contribution < 1.29 is 9.84 Å². The summed E-state index contributed by atoms with van der Waals surface area (Å²) < 4.78 is 6.22. The van der Waals surface area contributed by atoms with Crippen LogP contribution in [0.5, 0.6) is 11.5 Å². The zero-order valence-electron chi connectivity index (χ0n) is 14.9. The molecule has 22 heavy (non-hydrogen) atoms. The van der Waals surface area contributed by atoms with Crippen LogP contribution in [-0.4, -0.2) is 11.2 Å². The summed E-state index contributed by atoms with van der Waals surface area (Å²) in [7, 11) is 0. The van der Waals surface area contributed by atoms with Gasteiger partial charge < -0.3 is 9.84 Å². The van der Waals surface area contributed by atoms with Crippen LogP contribution < -0.4 is 4.74 Å². The maximum atomic E-state index is 10.1. The molecule has 2 nitrogen and oxygen atoms in total. The average Bonchev–Trinajstić information content (AvgIpc) is 2.55. The number of aryl methyl sites for hydroxylation is 1. The molecule has 0 aromatic heterocycles. The molecule has 0 spiro atoms. The van der Waals surface area contributed by atoms with Crippen molar-refractivity contribution in [1.29, 1.82) is 0 Å². The van der Waals surface area contributed by atoms with Gasteiger partial charge in [0.15, 0.2) is 11.5 Å². The van der Waals surface area contributed by atoms with E-state index in [0.29, 0.717) is 11.7 Å². The van der Waals surface area contributed by atoms with E-state index in [1.807, 2.05) is 26.8 Å². The number of hydrogen-bond donors (Lipinski definition) is 1. The highest BCUT2D eigenvalue weighted by Crippen LogP contribution is 2.36. The van der Waals surface area contributed by atoms with Crippen molar-refractivity contribution >= 4 is 0 Å². The zero-order chi connectivity index (χ0) is 16.5. The van der Waals surface area contributed by atoms with Crippen molar-refractivity contribution in [3.8, 4) is 11.5 Å². The summed E-state index contributed by atoms with van der Waals surface area (Å²) in [5.41, 5.74) is 2.33. The first-order chi connectivity index (χ1) is 10.7. The molecule has 1 unspecified atom stereocenters. The van der Waals surface area contributed by atoms with E-state index in [4.69, 9.17) is 4.74 Å². The molecule has 1 N–H and O–H groups in total. The van der Waals surface area contributed by atoms with Crippen LogP contribution in [0.25, 0.3) is 0 Å². The lowest BCUT2D eigenvalue weighted by atomic mass is 9.89. The van der Waals surface area contributed by atoms with Crippen LogP contribution in [0.1, 0.15) is 64.5 Å². The number of ether oxygens (including phenoxy) is 1. The monoisotopic (exact) mass is 304 g/mol. The molecule has 0 saturated heterocycles. The Bertz CT molecular complexity index is 477. The maximum absolute atomic E-state index is 10.1. The lowest BCUT2D eigenvalue weighted by molar-refractivity contribution is 0.131. The second-order valence-electron chi connectivity index (χ2n) is 5.67. The lowest BCUT2D eigenvalue weighted by Crippen LogP contribution is -2.28. The Hall–Kier alpha value is -1.44. The van der Waals surface area contributed by atoms with Crippen LogP contribution in [0, 0.1) is 12.8 Å². The van der Waals surface area contributed by atoms with Gasteiger partial charge in [-0.15, -0.1) is 0 Å². The summed E-state index contributed by atoms with van der Waals surface area (Å²) in [6.45, 7) is 10.4. The molecule has 0 fully saturated rings. The third-order valence-electron chi connectivity index (χ3n) is 4.25. The number of phenolic OH excluding ortho intramolecular Hbond substituents is 1. The van der Waals surface area contributed by atoms with Crippen LogP contribution in [-0.2, 0) is 6.42 Å². The van der Waals surface area contributed by atoms with E-state index >= 15 is 0 Å². The molecule has 124 valence electrons. The molecule has 0 heterocycles. The molecule has 1 aromatic rings. The highest BCUT2D eigenvalue weighted by molar-refractivity contribution is 5.49. The van der Waals surface area contributed by atoms with E-state index in [9.17, 15) is 5.11 Å². The maximum Gasteiger partial charge on any atom is 0.164 e. The highest BCUT2D eigenvalue weighted by Gasteiger charge is 2.24. The minimum atomic E-state index is 0.191. The van der Waals surface area contributed by atoms with E-state index in [0.717, 1.165) is 37.7 Å². The van der Waals surface area contributed by atoms with Crippen LogP contribution in [0.2, 0.25) is 0 Å². The van der Waals surface area contributed by atoms with Crippen LogP contribution in [0.3, 0.4) is 0 Å². The molecular weight excluding hydrogens is 272 g/mol. The molecule has 0 aliphatic heterocycles. The van der Waals surface area contributed by atoms with Gasteiger partial charge in [-0.25, -0.2) is 0 Å². The molecular formula is C20H32O2. The Morgan fingerprint density at radius 2 is 1.95 bits per heavy atom. The molecule has 1 aliphatic rings. The molecule has 1 aliphatic carbocycles. The first kappa shape index (κ1) is 18.6. The normalized spacial score (nSPS) is 20.2. The fourth-order valence-corrected chi connectivity index (χ4v) is 3.03.